The second-order valence-electron chi connectivity index (χ2n) is 5.88. The van der Waals surface area contributed by atoms with Crippen LogP contribution < -0.4 is 10.1 Å². The number of anilines is 1. The van der Waals surface area contributed by atoms with E-state index in [1.165, 1.54) is 16.9 Å². The minimum Gasteiger partial charge on any atom is -0.494 e. The summed E-state index contributed by atoms with van der Waals surface area (Å²) >= 11 is 1.51. The highest BCUT2D eigenvalue weighted by atomic mass is 32.1. The Labute approximate surface area is 141 Å². The lowest BCUT2D eigenvalue weighted by atomic mass is 10.0. The first-order chi connectivity index (χ1) is 11.0. The van der Waals surface area contributed by atoms with E-state index in [-0.39, 0.29) is 5.91 Å². The Morgan fingerprint density at radius 3 is 2.52 bits per heavy atom. The Morgan fingerprint density at radius 1 is 1.26 bits per heavy atom. The zero-order valence-electron chi connectivity index (χ0n) is 14.2. The van der Waals surface area contributed by atoms with Crippen LogP contribution in [0.5, 0.6) is 5.75 Å². The molecule has 0 radical (unpaired) electrons. The number of hydrogen-bond acceptors (Lipinski definition) is 4. The summed E-state index contributed by atoms with van der Waals surface area (Å²) in [6.45, 7) is 8.81. The Bertz CT molecular complexity index is 628. The molecular formula is C18H24N2O2S. The van der Waals surface area contributed by atoms with Gasteiger partial charge in [-0.3, -0.25) is 4.79 Å². The number of carbonyl (C=O) groups is 1. The molecule has 1 N–H and O–H groups in total. The molecule has 1 aromatic carbocycles. The number of nitrogens with one attached hydrogen (secondary N) is 1. The molecule has 4 nitrogen and oxygen atoms in total. The number of amides is 1. The quantitative estimate of drug-likeness (QED) is 0.749. The summed E-state index contributed by atoms with van der Waals surface area (Å²) in [5.41, 5.74) is 2.27. The molecule has 0 fully saturated rings. The minimum absolute atomic E-state index is 0.0162. The number of carbonyl (C=O) groups excluding carboxylic acids is 1. The summed E-state index contributed by atoms with van der Waals surface area (Å²) in [5, 5.41) is 3.51. The largest absolute Gasteiger partial charge is 0.494 e. The number of hydrogen-bond donors (Lipinski definition) is 1. The summed E-state index contributed by atoms with van der Waals surface area (Å²) in [4.78, 5) is 17.3. The van der Waals surface area contributed by atoms with Gasteiger partial charge in [0.2, 0.25) is 5.91 Å². The third-order valence-electron chi connectivity index (χ3n) is 3.64. The predicted octanol–water partition coefficient (Wildman–Crippen LogP) is 4.68. The number of aromatic nitrogens is 1. The average Bonchev–Trinajstić information content (AvgIpc) is 2.82. The van der Waals surface area contributed by atoms with E-state index >= 15 is 0 Å². The van der Waals surface area contributed by atoms with Crippen LogP contribution in [0.4, 0.5) is 5.13 Å². The Balaban J connectivity index is 1.69. The molecule has 0 aliphatic rings. The van der Waals surface area contributed by atoms with E-state index in [4.69, 9.17) is 4.74 Å². The van der Waals surface area contributed by atoms with Crippen molar-refractivity contribution in [2.75, 3.05) is 11.9 Å². The van der Waals surface area contributed by atoms with Gasteiger partial charge in [-0.15, -0.1) is 11.3 Å². The van der Waals surface area contributed by atoms with E-state index in [1.807, 2.05) is 26.0 Å². The molecule has 124 valence electrons. The average molecular weight is 332 g/mol. The van der Waals surface area contributed by atoms with Crippen molar-refractivity contribution >= 4 is 22.4 Å². The SMILES string of the molecule is Cc1nc(NC(=O)CCCOc2ccc(C(C)C)cc2)sc1C. The summed E-state index contributed by atoms with van der Waals surface area (Å²) < 4.78 is 5.67. The van der Waals surface area contributed by atoms with E-state index in [2.05, 4.69) is 36.3 Å². The van der Waals surface area contributed by atoms with Crippen LogP contribution in [0.15, 0.2) is 24.3 Å². The third kappa shape index (κ3) is 5.36. The number of ether oxygens (including phenoxy) is 1. The summed E-state index contributed by atoms with van der Waals surface area (Å²) in [7, 11) is 0. The van der Waals surface area contributed by atoms with Crippen LogP contribution in [-0.2, 0) is 4.79 Å². The van der Waals surface area contributed by atoms with Gasteiger partial charge in [0.1, 0.15) is 5.75 Å². The van der Waals surface area contributed by atoms with Gasteiger partial charge >= 0.3 is 0 Å². The molecule has 0 aliphatic heterocycles. The molecule has 0 saturated heterocycles. The zero-order chi connectivity index (χ0) is 16.8. The summed E-state index contributed by atoms with van der Waals surface area (Å²) in [6, 6.07) is 8.13. The number of benzene rings is 1. The molecule has 0 aliphatic carbocycles. The molecule has 0 bridgehead atoms. The molecule has 23 heavy (non-hydrogen) atoms. The Kier molecular flexibility index (Phi) is 6.16. The van der Waals surface area contributed by atoms with Crippen LogP contribution in [0.2, 0.25) is 0 Å². The highest BCUT2D eigenvalue weighted by Crippen LogP contribution is 2.21. The molecule has 2 rings (SSSR count). The fraction of sp³-hybridized carbons (Fsp3) is 0.444. The van der Waals surface area contributed by atoms with Crippen molar-refractivity contribution in [1.29, 1.82) is 0 Å². The fourth-order valence-corrected chi connectivity index (χ4v) is 2.91. The first-order valence-electron chi connectivity index (χ1n) is 7.92. The van der Waals surface area contributed by atoms with Gasteiger partial charge in [-0.1, -0.05) is 26.0 Å². The third-order valence-corrected chi connectivity index (χ3v) is 4.63. The van der Waals surface area contributed by atoms with Crippen LogP contribution >= 0.6 is 11.3 Å². The minimum atomic E-state index is -0.0162. The van der Waals surface area contributed by atoms with Gasteiger partial charge in [-0.25, -0.2) is 4.98 Å². The molecule has 0 atom stereocenters. The molecule has 0 saturated carbocycles. The van der Waals surface area contributed by atoms with Gasteiger partial charge in [-0.05, 0) is 43.9 Å². The van der Waals surface area contributed by atoms with Crippen molar-refractivity contribution in [2.24, 2.45) is 0 Å². The normalized spacial score (nSPS) is 10.8. The monoisotopic (exact) mass is 332 g/mol. The number of aryl methyl sites for hydroxylation is 2. The van der Waals surface area contributed by atoms with Gasteiger partial charge in [0.25, 0.3) is 0 Å². The van der Waals surface area contributed by atoms with E-state index < -0.39 is 0 Å². The molecular weight excluding hydrogens is 308 g/mol. The molecule has 1 heterocycles. The van der Waals surface area contributed by atoms with Gasteiger partial charge in [0, 0.05) is 11.3 Å². The summed E-state index contributed by atoms with van der Waals surface area (Å²) in [6.07, 6.45) is 1.11. The van der Waals surface area contributed by atoms with Crippen molar-refractivity contribution in [3.05, 3.63) is 40.4 Å². The van der Waals surface area contributed by atoms with Crippen molar-refractivity contribution in [2.45, 2.75) is 46.5 Å². The maximum absolute atomic E-state index is 11.9. The smallest absolute Gasteiger partial charge is 0.226 e. The number of nitrogens with zero attached hydrogens (tertiary/aromatic N) is 1. The van der Waals surface area contributed by atoms with Gasteiger partial charge in [0.05, 0.1) is 12.3 Å². The van der Waals surface area contributed by atoms with Crippen molar-refractivity contribution in [1.82, 2.24) is 4.98 Å². The Hall–Kier alpha value is -1.88. The van der Waals surface area contributed by atoms with Crippen LogP contribution in [0, 0.1) is 13.8 Å². The lowest BCUT2D eigenvalue weighted by Crippen LogP contribution is -2.12. The fourth-order valence-electron chi connectivity index (χ4n) is 2.08. The van der Waals surface area contributed by atoms with Crippen molar-refractivity contribution < 1.29 is 9.53 Å². The summed E-state index contributed by atoms with van der Waals surface area (Å²) in [5.74, 6) is 1.35. The number of rotatable bonds is 7. The Morgan fingerprint density at radius 2 is 1.96 bits per heavy atom. The van der Waals surface area contributed by atoms with Crippen LogP contribution in [0.1, 0.15) is 48.7 Å². The maximum Gasteiger partial charge on any atom is 0.226 e. The second-order valence-corrected chi connectivity index (χ2v) is 7.09. The van der Waals surface area contributed by atoms with Crippen LogP contribution in [0.25, 0.3) is 0 Å². The molecule has 0 unspecified atom stereocenters. The molecule has 1 aromatic heterocycles. The van der Waals surface area contributed by atoms with E-state index in [0.29, 0.717) is 30.5 Å². The lowest BCUT2D eigenvalue weighted by Gasteiger charge is -2.08. The van der Waals surface area contributed by atoms with E-state index in [1.54, 1.807) is 0 Å². The maximum atomic E-state index is 11.9. The van der Waals surface area contributed by atoms with Crippen LogP contribution in [0.3, 0.4) is 0 Å². The number of thiazole rings is 1. The van der Waals surface area contributed by atoms with Crippen molar-refractivity contribution in [3.8, 4) is 5.75 Å². The first kappa shape index (κ1) is 17.5. The highest BCUT2D eigenvalue weighted by Gasteiger charge is 2.08. The van der Waals surface area contributed by atoms with Gasteiger partial charge in [-0.2, -0.15) is 0 Å². The predicted molar refractivity (Wildman–Crippen MR) is 95.5 cm³/mol. The zero-order valence-corrected chi connectivity index (χ0v) is 15.0. The molecule has 2 aromatic rings. The standard InChI is InChI=1S/C18H24N2O2S/c1-12(2)15-7-9-16(10-8-15)22-11-5-6-17(21)20-18-19-13(3)14(4)23-18/h7-10,12H,5-6,11H2,1-4H3,(H,19,20,21). The molecule has 5 heteroatoms. The van der Waals surface area contributed by atoms with Gasteiger partial charge < -0.3 is 10.1 Å². The molecule has 1 amide bonds. The first-order valence-corrected chi connectivity index (χ1v) is 8.74. The highest BCUT2D eigenvalue weighted by molar-refractivity contribution is 7.15. The van der Waals surface area contributed by atoms with Crippen molar-refractivity contribution in [3.63, 3.8) is 0 Å². The van der Waals surface area contributed by atoms with Crippen LogP contribution in [-0.4, -0.2) is 17.5 Å². The van der Waals surface area contributed by atoms with E-state index in [0.717, 1.165) is 16.3 Å². The lowest BCUT2D eigenvalue weighted by molar-refractivity contribution is -0.116. The molecule has 0 spiro atoms. The van der Waals surface area contributed by atoms with Gasteiger partial charge in [0.15, 0.2) is 5.13 Å². The second kappa shape index (κ2) is 8.11. The topological polar surface area (TPSA) is 51.2 Å². The van der Waals surface area contributed by atoms with E-state index in [9.17, 15) is 4.79 Å².